The molecule has 1 saturated heterocycles. The largest absolute Gasteiger partial charge is 0.497 e. The Labute approximate surface area is 189 Å². The van der Waals surface area contributed by atoms with Crippen molar-refractivity contribution in [2.75, 3.05) is 22.7 Å². The third-order valence-corrected chi connectivity index (χ3v) is 7.27. The van der Waals surface area contributed by atoms with Gasteiger partial charge in [-0.2, -0.15) is 0 Å². The monoisotopic (exact) mass is 450 g/mol. The minimum absolute atomic E-state index is 0.102. The third-order valence-electron chi connectivity index (χ3n) is 5.63. The summed E-state index contributed by atoms with van der Waals surface area (Å²) in [6, 6.07) is 22.4. The molecule has 3 aromatic carbocycles. The summed E-state index contributed by atoms with van der Waals surface area (Å²) in [6.07, 6.45) is 0. The molecule has 5 nitrogen and oxygen atoms in total. The number of halogens is 1. The van der Waals surface area contributed by atoms with Crippen molar-refractivity contribution in [2.45, 2.75) is 11.4 Å². The van der Waals surface area contributed by atoms with Crippen molar-refractivity contribution in [3.63, 3.8) is 0 Å². The first-order chi connectivity index (χ1) is 15.0. The van der Waals surface area contributed by atoms with Crippen LogP contribution in [0.15, 0.2) is 72.8 Å². The van der Waals surface area contributed by atoms with Crippen LogP contribution in [0.2, 0.25) is 5.02 Å². The fourth-order valence-corrected chi connectivity index (χ4v) is 5.72. The summed E-state index contributed by atoms with van der Waals surface area (Å²) in [5.41, 5.74) is 3.25. The molecule has 156 valence electrons. The van der Waals surface area contributed by atoms with E-state index in [1.807, 2.05) is 66.7 Å². The molecule has 2 aliphatic rings. The van der Waals surface area contributed by atoms with Gasteiger partial charge in [-0.1, -0.05) is 48.0 Å². The van der Waals surface area contributed by atoms with E-state index in [0.29, 0.717) is 23.0 Å². The van der Waals surface area contributed by atoms with Crippen LogP contribution in [0.3, 0.4) is 0 Å². The highest BCUT2D eigenvalue weighted by Crippen LogP contribution is 2.56. The second kappa shape index (κ2) is 7.62. The minimum Gasteiger partial charge on any atom is -0.497 e. The molecule has 0 saturated carbocycles. The maximum absolute atomic E-state index is 14.0. The number of fused-ring (bicyclic) bond motifs is 2. The van der Waals surface area contributed by atoms with E-state index in [1.54, 1.807) is 23.0 Å². The van der Waals surface area contributed by atoms with Crippen molar-refractivity contribution >= 4 is 46.6 Å². The fourth-order valence-electron chi connectivity index (χ4n) is 4.23. The number of amides is 2. The standard InChI is InChI=1S/C24H19ClN2O3S/c1-30-19-6-4-5-18(13-19)27-22(28)15-31-24(27)20-7-2-3-8-21(20)26(23(24)29)14-16-9-11-17(25)12-10-16/h2-13H,14-15H2,1H3/t24-/m0/s1. The normalized spacial score (nSPS) is 19.9. The van der Waals surface area contributed by atoms with Gasteiger partial charge in [-0.05, 0) is 35.9 Å². The lowest BCUT2D eigenvalue weighted by Crippen LogP contribution is -2.49. The molecule has 1 fully saturated rings. The van der Waals surface area contributed by atoms with Crippen LogP contribution >= 0.6 is 23.4 Å². The van der Waals surface area contributed by atoms with E-state index in [-0.39, 0.29) is 17.6 Å². The Morgan fingerprint density at radius 3 is 2.58 bits per heavy atom. The zero-order valence-electron chi connectivity index (χ0n) is 16.7. The molecule has 0 unspecified atom stereocenters. The van der Waals surface area contributed by atoms with Crippen LogP contribution in [0.25, 0.3) is 0 Å². The number of methoxy groups -OCH3 is 1. The molecule has 2 amide bonds. The summed E-state index contributed by atoms with van der Waals surface area (Å²) >= 11 is 7.39. The highest BCUT2D eigenvalue weighted by Gasteiger charge is 2.60. The van der Waals surface area contributed by atoms with Crippen LogP contribution in [0, 0.1) is 0 Å². The van der Waals surface area contributed by atoms with Gasteiger partial charge in [-0.3, -0.25) is 14.5 Å². The quantitative estimate of drug-likeness (QED) is 0.571. The first kappa shape index (κ1) is 20.0. The van der Waals surface area contributed by atoms with Gasteiger partial charge in [-0.25, -0.2) is 0 Å². The molecule has 31 heavy (non-hydrogen) atoms. The van der Waals surface area contributed by atoms with Gasteiger partial charge in [0.15, 0.2) is 0 Å². The van der Waals surface area contributed by atoms with Crippen molar-refractivity contribution in [1.29, 1.82) is 0 Å². The van der Waals surface area contributed by atoms with E-state index in [4.69, 9.17) is 16.3 Å². The van der Waals surface area contributed by atoms with Gasteiger partial charge in [0.2, 0.25) is 10.8 Å². The number of rotatable bonds is 4. The molecule has 0 aliphatic carbocycles. The lowest BCUT2D eigenvalue weighted by Gasteiger charge is -2.33. The maximum Gasteiger partial charge on any atom is 0.269 e. The Morgan fingerprint density at radius 1 is 1.03 bits per heavy atom. The van der Waals surface area contributed by atoms with Crippen molar-refractivity contribution < 1.29 is 14.3 Å². The average Bonchev–Trinajstić information content (AvgIpc) is 3.26. The molecular weight excluding hydrogens is 432 g/mol. The smallest absolute Gasteiger partial charge is 0.269 e. The second-order valence-corrected chi connectivity index (χ2v) is 9.00. The summed E-state index contributed by atoms with van der Waals surface area (Å²) in [5, 5.41) is 0.648. The Bertz CT molecular complexity index is 1180. The van der Waals surface area contributed by atoms with Crippen molar-refractivity contribution in [3.05, 3.63) is 88.9 Å². The minimum atomic E-state index is -1.13. The molecule has 2 heterocycles. The number of benzene rings is 3. The first-order valence-corrected chi connectivity index (χ1v) is 11.2. The molecular formula is C24H19ClN2O3S. The predicted molar refractivity (Wildman–Crippen MR) is 124 cm³/mol. The van der Waals surface area contributed by atoms with Crippen LogP contribution in [0.5, 0.6) is 5.75 Å². The zero-order valence-corrected chi connectivity index (χ0v) is 18.3. The van der Waals surface area contributed by atoms with E-state index >= 15 is 0 Å². The zero-order chi connectivity index (χ0) is 21.6. The van der Waals surface area contributed by atoms with E-state index in [1.165, 1.54) is 11.8 Å². The number of ether oxygens (including phenoxy) is 1. The number of carbonyl (C=O) groups is 2. The summed E-state index contributed by atoms with van der Waals surface area (Å²) in [7, 11) is 1.58. The van der Waals surface area contributed by atoms with Crippen molar-refractivity contribution in [2.24, 2.45) is 0 Å². The molecule has 0 bridgehead atoms. The summed E-state index contributed by atoms with van der Waals surface area (Å²) in [5.74, 6) is 0.637. The van der Waals surface area contributed by atoms with Gasteiger partial charge in [0, 0.05) is 22.3 Å². The van der Waals surface area contributed by atoms with E-state index in [2.05, 4.69) is 0 Å². The fraction of sp³-hybridized carbons (Fsp3) is 0.167. The molecule has 1 atom stereocenters. The van der Waals surface area contributed by atoms with Crippen LogP contribution in [-0.4, -0.2) is 24.7 Å². The van der Waals surface area contributed by atoms with Gasteiger partial charge >= 0.3 is 0 Å². The maximum atomic E-state index is 14.0. The highest BCUT2D eigenvalue weighted by atomic mass is 35.5. The van der Waals surface area contributed by atoms with E-state index in [0.717, 1.165) is 16.8 Å². The molecule has 0 aromatic heterocycles. The summed E-state index contributed by atoms with van der Waals surface area (Å²) < 4.78 is 5.36. The summed E-state index contributed by atoms with van der Waals surface area (Å²) in [4.78, 5) is 29.3. The molecule has 5 rings (SSSR count). The average molecular weight is 451 g/mol. The Morgan fingerprint density at radius 2 is 1.81 bits per heavy atom. The van der Waals surface area contributed by atoms with E-state index < -0.39 is 4.87 Å². The second-order valence-electron chi connectivity index (χ2n) is 7.40. The van der Waals surface area contributed by atoms with Crippen LogP contribution in [0.4, 0.5) is 11.4 Å². The van der Waals surface area contributed by atoms with Crippen LogP contribution in [0.1, 0.15) is 11.1 Å². The van der Waals surface area contributed by atoms with Crippen LogP contribution < -0.4 is 14.5 Å². The molecule has 0 radical (unpaired) electrons. The molecule has 1 spiro atoms. The number of thioether (sulfide) groups is 1. The number of para-hydroxylation sites is 1. The lowest BCUT2D eigenvalue weighted by atomic mass is 10.0. The SMILES string of the molecule is COc1cccc(N2C(=O)CS[C@@]23C(=O)N(Cc2ccc(Cl)cc2)c2ccccc23)c1. The van der Waals surface area contributed by atoms with Gasteiger partial charge in [-0.15, -0.1) is 11.8 Å². The number of nitrogens with zero attached hydrogens (tertiary/aromatic N) is 2. The Kier molecular flexibility index (Phi) is 4.91. The van der Waals surface area contributed by atoms with Crippen molar-refractivity contribution in [3.8, 4) is 5.75 Å². The van der Waals surface area contributed by atoms with Gasteiger partial charge in [0.05, 0.1) is 25.1 Å². The number of hydrogen-bond acceptors (Lipinski definition) is 4. The highest BCUT2D eigenvalue weighted by molar-refractivity contribution is 8.02. The molecule has 3 aromatic rings. The lowest BCUT2D eigenvalue weighted by molar-refractivity contribution is -0.123. The topological polar surface area (TPSA) is 49.9 Å². The molecule has 2 aliphatic heterocycles. The van der Waals surface area contributed by atoms with Gasteiger partial charge in [0.25, 0.3) is 5.91 Å². The molecule has 0 N–H and O–H groups in total. The summed E-state index contributed by atoms with van der Waals surface area (Å²) in [6.45, 7) is 0.398. The predicted octanol–water partition coefficient (Wildman–Crippen LogP) is 4.83. The number of carbonyl (C=O) groups excluding carboxylic acids is 2. The van der Waals surface area contributed by atoms with Gasteiger partial charge < -0.3 is 9.64 Å². The Balaban J connectivity index is 1.63. The number of hydrogen-bond donors (Lipinski definition) is 0. The Hall–Kier alpha value is -2.96. The van der Waals surface area contributed by atoms with Crippen molar-refractivity contribution in [1.82, 2.24) is 0 Å². The van der Waals surface area contributed by atoms with Gasteiger partial charge in [0.1, 0.15) is 5.75 Å². The number of anilines is 2. The van der Waals surface area contributed by atoms with Crippen LogP contribution in [-0.2, 0) is 21.0 Å². The van der Waals surface area contributed by atoms with E-state index in [9.17, 15) is 9.59 Å². The first-order valence-electron chi connectivity index (χ1n) is 9.81. The molecule has 7 heteroatoms. The third kappa shape index (κ3) is 3.09.